The molecule has 0 bridgehead atoms. The summed E-state index contributed by atoms with van der Waals surface area (Å²) < 4.78 is 8.93. The summed E-state index contributed by atoms with van der Waals surface area (Å²) in [5.74, 6) is 0.475. The van der Waals surface area contributed by atoms with E-state index < -0.39 is 0 Å². The summed E-state index contributed by atoms with van der Waals surface area (Å²) in [6.07, 6.45) is 5.44. The second-order valence-corrected chi connectivity index (χ2v) is 7.03. The molecule has 1 N–H and O–H groups in total. The molecule has 0 saturated carbocycles. The zero-order chi connectivity index (χ0) is 20.9. The number of carbonyl (C=O) groups is 1. The van der Waals surface area contributed by atoms with Crippen molar-refractivity contribution in [2.75, 3.05) is 7.11 Å². The molecule has 0 aliphatic rings. The molecule has 7 heteroatoms. The van der Waals surface area contributed by atoms with Gasteiger partial charge in [-0.25, -0.2) is 4.68 Å². The van der Waals surface area contributed by atoms with Crippen molar-refractivity contribution in [3.05, 3.63) is 95.6 Å². The van der Waals surface area contributed by atoms with Crippen molar-refractivity contribution < 1.29 is 9.53 Å². The van der Waals surface area contributed by atoms with Gasteiger partial charge in [0, 0.05) is 25.1 Å². The standard InChI is InChI=1S/C23H23N5O2/c1-17-7-8-22(30-2)21(13-17)28-12-9-20(26-28)23(29)24-15-18-5-3-6-19(14-18)16-27-11-4-10-25-27/h3-14H,15-16H2,1-2H3,(H,24,29). The van der Waals surface area contributed by atoms with E-state index in [0.717, 1.165) is 22.4 Å². The second-order valence-electron chi connectivity index (χ2n) is 7.03. The lowest BCUT2D eigenvalue weighted by atomic mass is 10.1. The number of methoxy groups -OCH3 is 1. The minimum absolute atomic E-state index is 0.224. The Balaban J connectivity index is 1.43. The van der Waals surface area contributed by atoms with Crippen LogP contribution in [0.3, 0.4) is 0 Å². The number of rotatable bonds is 7. The fraction of sp³-hybridized carbons (Fsp3) is 0.174. The molecule has 0 fully saturated rings. The van der Waals surface area contributed by atoms with Gasteiger partial charge in [-0.2, -0.15) is 10.2 Å². The fourth-order valence-electron chi connectivity index (χ4n) is 3.25. The molecule has 0 unspecified atom stereocenters. The predicted octanol–water partition coefficient (Wildman–Crippen LogP) is 3.36. The van der Waals surface area contributed by atoms with Crippen LogP contribution in [-0.4, -0.2) is 32.6 Å². The summed E-state index contributed by atoms with van der Waals surface area (Å²) in [4.78, 5) is 12.6. The van der Waals surface area contributed by atoms with Crippen LogP contribution in [-0.2, 0) is 13.1 Å². The molecule has 0 aliphatic heterocycles. The minimum Gasteiger partial charge on any atom is -0.494 e. The summed E-state index contributed by atoms with van der Waals surface area (Å²) in [6, 6.07) is 17.5. The first-order valence-corrected chi connectivity index (χ1v) is 9.66. The number of ether oxygens (including phenoxy) is 1. The van der Waals surface area contributed by atoms with E-state index in [9.17, 15) is 4.79 Å². The maximum Gasteiger partial charge on any atom is 0.272 e. The number of nitrogens with zero attached hydrogens (tertiary/aromatic N) is 4. The average Bonchev–Trinajstić information content (AvgIpc) is 3.44. The third kappa shape index (κ3) is 4.41. The molecule has 4 rings (SSSR count). The molecule has 152 valence electrons. The van der Waals surface area contributed by atoms with Gasteiger partial charge in [0.2, 0.25) is 0 Å². The monoisotopic (exact) mass is 401 g/mol. The smallest absolute Gasteiger partial charge is 0.272 e. The van der Waals surface area contributed by atoms with Crippen LogP contribution in [0.5, 0.6) is 5.75 Å². The normalized spacial score (nSPS) is 10.7. The molecule has 0 saturated heterocycles. The first kappa shape index (κ1) is 19.4. The second kappa shape index (κ2) is 8.65. The van der Waals surface area contributed by atoms with Crippen LogP contribution in [0, 0.1) is 6.92 Å². The van der Waals surface area contributed by atoms with Crippen LogP contribution in [0.2, 0.25) is 0 Å². The minimum atomic E-state index is -0.224. The van der Waals surface area contributed by atoms with Crippen molar-refractivity contribution in [2.24, 2.45) is 0 Å². The lowest BCUT2D eigenvalue weighted by Gasteiger charge is -2.09. The molecular formula is C23H23N5O2. The zero-order valence-electron chi connectivity index (χ0n) is 16.9. The van der Waals surface area contributed by atoms with Gasteiger partial charge < -0.3 is 10.1 Å². The van der Waals surface area contributed by atoms with Gasteiger partial charge in [0.05, 0.1) is 13.7 Å². The summed E-state index contributed by atoms with van der Waals surface area (Å²) >= 11 is 0. The molecule has 1 amide bonds. The maximum absolute atomic E-state index is 12.6. The highest BCUT2D eigenvalue weighted by molar-refractivity contribution is 5.92. The summed E-state index contributed by atoms with van der Waals surface area (Å²) in [6.45, 7) is 3.12. The van der Waals surface area contributed by atoms with Crippen molar-refractivity contribution in [1.82, 2.24) is 24.9 Å². The Hall–Kier alpha value is -3.87. The number of hydrogen-bond acceptors (Lipinski definition) is 4. The Kier molecular flexibility index (Phi) is 5.61. The molecule has 0 atom stereocenters. The van der Waals surface area contributed by atoms with E-state index in [1.807, 2.05) is 60.3 Å². The Morgan fingerprint density at radius 1 is 1.07 bits per heavy atom. The van der Waals surface area contributed by atoms with E-state index in [2.05, 4.69) is 21.6 Å². The van der Waals surface area contributed by atoms with Gasteiger partial charge in [-0.1, -0.05) is 30.3 Å². The van der Waals surface area contributed by atoms with Crippen LogP contribution < -0.4 is 10.1 Å². The number of hydrogen-bond donors (Lipinski definition) is 1. The largest absolute Gasteiger partial charge is 0.494 e. The quantitative estimate of drug-likeness (QED) is 0.515. The van der Waals surface area contributed by atoms with Crippen molar-refractivity contribution in [1.29, 1.82) is 0 Å². The summed E-state index contributed by atoms with van der Waals surface area (Å²) in [5.41, 5.74) is 4.38. The van der Waals surface area contributed by atoms with Crippen molar-refractivity contribution in [3.63, 3.8) is 0 Å². The number of carbonyl (C=O) groups excluding carboxylic acids is 1. The van der Waals surface area contributed by atoms with Gasteiger partial charge >= 0.3 is 0 Å². The third-order valence-electron chi connectivity index (χ3n) is 4.75. The van der Waals surface area contributed by atoms with Crippen LogP contribution in [0.25, 0.3) is 5.69 Å². The van der Waals surface area contributed by atoms with E-state index >= 15 is 0 Å². The van der Waals surface area contributed by atoms with Gasteiger partial charge in [-0.05, 0) is 47.9 Å². The van der Waals surface area contributed by atoms with Gasteiger partial charge in [0.25, 0.3) is 5.91 Å². The molecule has 0 radical (unpaired) electrons. The van der Waals surface area contributed by atoms with Gasteiger partial charge in [0.15, 0.2) is 5.69 Å². The highest BCUT2D eigenvalue weighted by Gasteiger charge is 2.12. The summed E-state index contributed by atoms with van der Waals surface area (Å²) in [7, 11) is 1.62. The highest BCUT2D eigenvalue weighted by atomic mass is 16.5. The van der Waals surface area contributed by atoms with Crippen molar-refractivity contribution in [2.45, 2.75) is 20.0 Å². The van der Waals surface area contributed by atoms with Crippen molar-refractivity contribution >= 4 is 5.91 Å². The molecule has 7 nitrogen and oxygen atoms in total. The van der Waals surface area contributed by atoms with Gasteiger partial charge in [-0.15, -0.1) is 0 Å². The number of benzene rings is 2. The topological polar surface area (TPSA) is 74.0 Å². The SMILES string of the molecule is COc1ccc(C)cc1-n1ccc(C(=O)NCc2cccc(Cn3cccn3)c2)n1. The van der Waals surface area contributed by atoms with Crippen LogP contribution in [0.15, 0.2) is 73.2 Å². The van der Waals surface area contributed by atoms with Crippen LogP contribution in [0.4, 0.5) is 0 Å². The third-order valence-corrected chi connectivity index (χ3v) is 4.75. The molecule has 2 aromatic carbocycles. The first-order chi connectivity index (χ1) is 14.6. The van der Waals surface area contributed by atoms with Gasteiger partial charge in [-0.3, -0.25) is 9.48 Å². The number of aromatic nitrogens is 4. The highest BCUT2D eigenvalue weighted by Crippen LogP contribution is 2.23. The predicted molar refractivity (Wildman–Crippen MR) is 114 cm³/mol. The first-order valence-electron chi connectivity index (χ1n) is 9.66. The Bertz CT molecular complexity index is 1150. The van der Waals surface area contributed by atoms with Crippen LogP contribution >= 0.6 is 0 Å². The molecule has 30 heavy (non-hydrogen) atoms. The van der Waals surface area contributed by atoms with Crippen LogP contribution in [0.1, 0.15) is 27.2 Å². The molecule has 0 spiro atoms. The Morgan fingerprint density at radius 3 is 2.73 bits per heavy atom. The van der Waals surface area contributed by atoms with E-state index in [1.54, 1.807) is 30.3 Å². The Morgan fingerprint density at radius 2 is 1.93 bits per heavy atom. The number of amides is 1. The van der Waals surface area contributed by atoms with E-state index in [1.165, 1.54) is 0 Å². The Labute approximate surface area is 174 Å². The van der Waals surface area contributed by atoms with E-state index in [-0.39, 0.29) is 5.91 Å². The van der Waals surface area contributed by atoms with Gasteiger partial charge in [0.1, 0.15) is 11.4 Å². The fourth-order valence-corrected chi connectivity index (χ4v) is 3.25. The maximum atomic E-state index is 12.6. The lowest BCUT2D eigenvalue weighted by molar-refractivity contribution is 0.0945. The van der Waals surface area contributed by atoms with E-state index in [0.29, 0.717) is 24.5 Å². The summed E-state index contributed by atoms with van der Waals surface area (Å²) in [5, 5.41) is 11.6. The molecule has 2 aromatic heterocycles. The molecule has 4 aromatic rings. The van der Waals surface area contributed by atoms with E-state index in [4.69, 9.17) is 4.74 Å². The lowest BCUT2D eigenvalue weighted by Crippen LogP contribution is -2.23. The number of nitrogens with one attached hydrogen (secondary N) is 1. The molecule has 2 heterocycles. The van der Waals surface area contributed by atoms with Crippen molar-refractivity contribution in [3.8, 4) is 11.4 Å². The molecule has 0 aliphatic carbocycles. The zero-order valence-corrected chi connectivity index (χ0v) is 16.9. The number of aryl methyl sites for hydroxylation is 1. The average molecular weight is 401 g/mol. The molecular weight excluding hydrogens is 378 g/mol.